The number of hydrogen-bond donors (Lipinski definition) is 1. The Bertz CT molecular complexity index is 213. The SMILES string of the molecule is CC.Cc1cccc(F)c1CN. The van der Waals surface area contributed by atoms with Crippen LogP contribution in [-0.2, 0) is 6.54 Å². The van der Waals surface area contributed by atoms with Crippen molar-refractivity contribution in [3.8, 4) is 0 Å². The van der Waals surface area contributed by atoms with E-state index >= 15 is 0 Å². The number of nitrogens with two attached hydrogens (primary N) is 1. The molecule has 2 heteroatoms. The highest BCUT2D eigenvalue weighted by Crippen LogP contribution is 2.10. The lowest BCUT2D eigenvalue weighted by Gasteiger charge is -2.01. The molecule has 0 saturated heterocycles. The van der Waals surface area contributed by atoms with Gasteiger partial charge < -0.3 is 5.73 Å². The summed E-state index contributed by atoms with van der Waals surface area (Å²) < 4.78 is 12.8. The average molecular weight is 169 g/mol. The first kappa shape index (κ1) is 11.1. The first-order chi connectivity index (χ1) is 5.75. The topological polar surface area (TPSA) is 26.0 Å². The second kappa shape index (κ2) is 5.72. The summed E-state index contributed by atoms with van der Waals surface area (Å²) in [6.45, 7) is 6.13. The van der Waals surface area contributed by atoms with E-state index in [2.05, 4.69) is 0 Å². The van der Waals surface area contributed by atoms with E-state index in [9.17, 15) is 4.39 Å². The smallest absolute Gasteiger partial charge is 0.127 e. The summed E-state index contributed by atoms with van der Waals surface area (Å²) in [6.07, 6.45) is 0. The van der Waals surface area contributed by atoms with Crippen LogP contribution in [-0.4, -0.2) is 0 Å². The van der Waals surface area contributed by atoms with Crippen molar-refractivity contribution in [3.05, 3.63) is 35.1 Å². The van der Waals surface area contributed by atoms with Gasteiger partial charge in [0.2, 0.25) is 0 Å². The van der Waals surface area contributed by atoms with Crippen molar-refractivity contribution in [3.63, 3.8) is 0 Å². The van der Waals surface area contributed by atoms with Crippen molar-refractivity contribution in [2.75, 3.05) is 0 Å². The summed E-state index contributed by atoms with van der Waals surface area (Å²) in [4.78, 5) is 0. The van der Waals surface area contributed by atoms with E-state index in [1.165, 1.54) is 6.07 Å². The molecular formula is C10H16FN. The molecule has 0 atom stereocenters. The highest BCUT2D eigenvalue weighted by Gasteiger charge is 2.00. The molecular weight excluding hydrogens is 153 g/mol. The summed E-state index contributed by atoms with van der Waals surface area (Å²) in [5.41, 5.74) is 6.84. The third kappa shape index (κ3) is 2.62. The van der Waals surface area contributed by atoms with Crippen LogP contribution in [0.5, 0.6) is 0 Å². The van der Waals surface area contributed by atoms with E-state index < -0.39 is 0 Å². The zero-order valence-corrected chi connectivity index (χ0v) is 7.89. The van der Waals surface area contributed by atoms with E-state index in [0.717, 1.165) is 5.56 Å². The maximum Gasteiger partial charge on any atom is 0.127 e. The Morgan fingerprint density at radius 1 is 1.33 bits per heavy atom. The van der Waals surface area contributed by atoms with Gasteiger partial charge in [0.1, 0.15) is 5.82 Å². The van der Waals surface area contributed by atoms with Gasteiger partial charge in [-0.3, -0.25) is 0 Å². The van der Waals surface area contributed by atoms with Gasteiger partial charge in [-0.25, -0.2) is 4.39 Å². The molecule has 1 aromatic carbocycles. The van der Waals surface area contributed by atoms with Crippen molar-refractivity contribution in [2.45, 2.75) is 27.3 Å². The Hall–Kier alpha value is -0.890. The van der Waals surface area contributed by atoms with Crippen LogP contribution in [0.4, 0.5) is 4.39 Å². The molecule has 0 fully saturated rings. The highest BCUT2D eigenvalue weighted by atomic mass is 19.1. The van der Waals surface area contributed by atoms with Crippen molar-refractivity contribution < 1.29 is 4.39 Å². The number of benzene rings is 1. The van der Waals surface area contributed by atoms with Crippen molar-refractivity contribution in [2.24, 2.45) is 5.73 Å². The van der Waals surface area contributed by atoms with Gasteiger partial charge in [0, 0.05) is 12.1 Å². The van der Waals surface area contributed by atoms with Gasteiger partial charge in [0.05, 0.1) is 0 Å². The van der Waals surface area contributed by atoms with E-state index in [0.29, 0.717) is 5.56 Å². The first-order valence-corrected chi connectivity index (χ1v) is 4.19. The molecule has 0 radical (unpaired) electrons. The molecule has 2 N–H and O–H groups in total. The van der Waals surface area contributed by atoms with E-state index in [-0.39, 0.29) is 12.4 Å². The fourth-order valence-corrected chi connectivity index (χ4v) is 0.925. The van der Waals surface area contributed by atoms with Crippen molar-refractivity contribution in [1.29, 1.82) is 0 Å². The minimum absolute atomic E-state index is 0.206. The monoisotopic (exact) mass is 169 g/mol. The highest BCUT2D eigenvalue weighted by molar-refractivity contribution is 5.26. The molecule has 1 aromatic rings. The molecule has 0 bridgehead atoms. The largest absolute Gasteiger partial charge is 0.326 e. The lowest BCUT2D eigenvalue weighted by Crippen LogP contribution is -2.01. The van der Waals surface area contributed by atoms with Gasteiger partial charge >= 0.3 is 0 Å². The van der Waals surface area contributed by atoms with Crippen LogP contribution in [0, 0.1) is 12.7 Å². The Morgan fingerprint density at radius 2 is 1.92 bits per heavy atom. The number of rotatable bonds is 1. The summed E-state index contributed by atoms with van der Waals surface area (Å²) in [7, 11) is 0. The molecule has 0 aromatic heterocycles. The van der Waals surface area contributed by atoms with E-state index in [4.69, 9.17) is 5.73 Å². The summed E-state index contributed by atoms with van der Waals surface area (Å²) in [5.74, 6) is -0.206. The summed E-state index contributed by atoms with van der Waals surface area (Å²) >= 11 is 0. The molecule has 1 rings (SSSR count). The van der Waals surface area contributed by atoms with E-state index in [1.54, 1.807) is 6.07 Å². The third-order valence-corrected chi connectivity index (χ3v) is 1.56. The van der Waals surface area contributed by atoms with Gasteiger partial charge in [0.15, 0.2) is 0 Å². The van der Waals surface area contributed by atoms with Crippen LogP contribution in [0.3, 0.4) is 0 Å². The number of hydrogen-bond acceptors (Lipinski definition) is 1. The predicted molar refractivity (Wildman–Crippen MR) is 50.4 cm³/mol. The Kier molecular flexibility index (Phi) is 5.30. The Morgan fingerprint density at radius 3 is 2.25 bits per heavy atom. The van der Waals surface area contributed by atoms with Crippen LogP contribution in [0.25, 0.3) is 0 Å². The van der Waals surface area contributed by atoms with Crippen LogP contribution < -0.4 is 5.73 Å². The van der Waals surface area contributed by atoms with E-state index in [1.807, 2.05) is 26.8 Å². The van der Waals surface area contributed by atoms with Crippen LogP contribution in [0.15, 0.2) is 18.2 Å². The Labute approximate surface area is 73.4 Å². The maximum absolute atomic E-state index is 12.8. The molecule has 0 aliphatic rings. The van der Waals surface area contributed by atoms with Crippen molar-refractivity contribution in [1.82, 2.24) is 0 Å². The molecule has 1 nitrogen and oxygen atoms in total. The average Bonchev–Trinajstić information content (AvgIpc) is 2.08. The normalized spacial score (nSPS) is 8.75. The van der Waals surface area contributed by atoms with Gasteiger partial charge in [-0.15, -0.1) is 0 Å². The molecule has 0 saturated carbocycles. The van der Waals surface area contributed by atoms with Crippen LogP contribution in [0.1, 0.15) is 25.0 Å². The summed E-state index contributed by atoms with van der Waals surface area (Å²) in [5, 5.41) is 0. The van der Waals surface area contributed by atoms with Gasteiger partial charge in [-0.05, 0) is 18.6 Å². The van der Waals surface area contributed by atoms with Crippen molar-refractivity contribution >= 4 is 0 Å². The molecule has 0 aliphatic carbocycles. The summed E-state index contributed by atoms with van der Waals surface area (Å²) in [6, 6.07) is 4.96. The Balaban J connectivity index is 0.000000561. The van der Waals surface area contributed by atoms with Gasteiger partial charge in [-0.1, -0.05) is 26.0 Å². The maximum atomic E-state index is 12.8. The minimum Gasteiger partial charge on any atom is -0.326 e. The molecule has 0 unspecified atom stereocenters. The first-order valence-electron chi connectivity index (χ1n) is 4.19. The quantitative estimate of drug-likeness (QED) is 0.687. The number of aryl methyl sites for hydroxylation is 1. The standard InChI is InChI=1S/C8H10FN.C2H6/c1-6-3-2-4-8(9)7(6)5-10;1-2/h2-4H,5,10H2,1H3;1-2H3. The predicted octanol–water partition coefficient (Wildman–Crippen LogP) is 2.62. The fraction of sp³-hybridized carbons (Fsp3) is 0.400. The van der Waals surface area contributed by atoms with Crippen LogP contribution in [0.2, 0.25) is 0 Å². The molecule has 68 valence electrons. The number of halogens is 1. The third-order valence-electron chi connectivity index (χ3n) is 1.56. The molecule has 0 amide bonds. The minimum atomic E-state index is -0.206. The zero-order chi connectivity index (χ0) is 9.56. The molecule has 0 spiro atoms. The second-order valence-electron chi connectivity index (χ2n) is 2.24. The lowest BCUT2D eigenvalue weighted by atomic mass is 10.1. The second-order valence-corrected chi connectivity index (χ2v) is 2.24. The zero-order valence-electron chi connectivity index (χ0n) is 7.89. The van der Waals surface area contributed by atoms with Gasteiger partial charge in [-0.2, -0.15) is 0 Å². The van der Waals surface area contributed by atoms with Crippen LogP contribution >= 0.6 is 0 Å². The lowest BCUT2D eigenvalue weighted by molar-refractivity contribution is 0.608. The molecule has 0 heterocycles. The molecule has 0 aliphatic heterocycles. The molecule has 12 heavy (non-hydrogen) atoms. The fourth-order valence-electron chi connectivity index (χ4n) is 0.925. The van der Waals surface area contributed by atoms with Gasteiger partial charge in [0.25, 0.3) is 0 Å².